The first kappa shape index (κ1) is 24.1. The summed E-state index contributed by atoms with van der Waals surface area (Å²) < 4.78 is 19.6. The lowest BCUT2D eigenvalue weighted by atomic mass is 9.91. The Morgan fingerprint density at radius 3 is 2.52 bits per heavy atom. The van der Waals surface area contributed by atoms with Crippen LogP contribution in [0.2, 0.25) is 0 Å². The lowest BCUT2D eigenvalue weighted by Gasteiger charge is -2.40. The van der Waals surface area contributed by atoms with E-state index in [2.05, 4.69) is 10.2 Å². The number of para-hydroxylation sites is 1. The van der Waals surface area contributed by atoms with Crippen molar-refractivity contribution in [3.8, 4) is 5.75 Å². The Bertz CT molecular complexity index is 1020. The van der Waals surface area contributed by atoms with Gasteiger partial charge in [0.1, 0.15) is 11.8 Å². The molecule has 0 spiro atoms. The van der Waals surface area contributed by atoms with Crippen molar-refractivity contribution in [1.29, 1.82) is 0 Å². The largest absolute Gasteiger partial charge is 0.413 e. The number of ether oxygens (including phenoxy) is 1. The van der Waals surface area contributed by atoms with Crippen molar-refractivity contribution in [3.63, 3.8) is 0 Å². The van der Waals surface area contributed by atoms with Gasteiger partial charge in [-0.05, 0) is 37.7 Å². The molecule has 2 aromatic rings. The predicted molar refractivity (Wildman–Crippen MR) is 120 cm³/mol. The molecule has 0 saturated carbocycles. The first-order valence-corrected chi connectivity index (χ1v) is 10.6. The summed E-state index contributed by atoms with van der Waals surface area (Å²) in [6, 6.07) is 11.0. The molecule has 3 rings (SSSR count). The number of nitrogens with one attached hydrogen (secondary N) is 1. The van der Waals surface area contributed by atoms with Gasteiger partial charge in [-0.25, -0.2) is 4.79 Å². The Morgan fingerprint density at radius 1 is 1.21 bits per heavy atom. The van der Waals surface area contributed by atoms with Gasteiger partial charge in [-0.2, -0.15) is 4.39 Å². The number of halogens is 1. The molecule has 33 heavy (non-hydrogen) atoms. The Morgan fingerprint density at radius 2 is 1.91 bits per heavy atom. The van der Waals surface area contributed by atoms with Crippen LogP contribution in [0.15, 0.2) is 48.5 Å². The SMILES string of the molecule is C[C@@H]1CN(C(=O)[C@H](NC(=O)Oc2ccccc2)[C@@H](C)c2ccc([N+](=O)[O-])c(F)c2)CCN1C. The van der Waals surface area contributed by atoms with Crippen LogP contribution in [-0.2, 0) is 4.79 Å². The van der Waals surface area contributed by atoms with Gasteiger partial charge in [0.15, 0.2) is 0 Å². The van der Waals surface area contributed by atoms with Crippen LogP contribution in [0.1, 0.15) is 25.3 Å². The standard InChI is InChI=1S/C23H27FN4O5/c1-15-14-27(12-11-26(15)3)22(29)21(25-23(30)33-18-7-5-4-6-8-18)16(2)17-9-10-20(28(31)32)19(24)13-17/h4-10,13,15-16,21H,11-12,14H2,1-3H3,(H,25,30)/t15-,16+,21-/m1/s1. The number of benzene rings is 2. The number of amides is 2. The van der Waals surface area contributed by atoms with Gasteiger partial charge in [-0.3, -0.25) is 14.9 Å². The Hall–Kier alpha value is -3.53. The number of likely N-dealkylation sites (N-methyl/N-ethyl adjacent to an activating group) is 1. The average Bonchev–Trinajstić information content (AvgIpc) is 2.78. The van der Waals surface area contributed by atoms with Crippen molar-refractivity contribution < 1.29 is 23.6 Å². The third-order valence-electron chi connectivity index (χ3n) is 5.96. The molecule has 1 aliphatic rings. The van der Waals surface area contributed by atoms with Gasteiger partial charge < -0.3 is 19.9 Å². The first-order valence-electron chi connectivity index (χ1n) is 10.6. The minimum Gasteiger partial charge on any atom is -0.410 e. The molecule has 2 aromatic carbocycles. The molecule has 0 aromatic heterocycles. The first-order chi connectivity index (χ1) is 15.7. The number of carbonyl (C=O) groups is 2. The highest BCUT2D eigenvalue weighted by Gasteiger charge is 2.35. The second-order valence-electron chi connectivity index (χ2n) is 8.20. The molecule has 0 radical (unpaired) electrons. The zero-order valence-electron chi connectivity index (χ0n) is 18.7. The summed E-state index contributed by atoms with van der Waals surface area (Å²) in [7, 11) is 1.97. The number of carbonyl (C=O) groups excluding carboxylic acids is 2. The minimum atomic E-state index is -1.06. The summed E-state index contributed by atoms with van der Waals surface area (Å²) in [5.74, 6) is -1.70. The summed E-state index contributed by atoms with van der Waals surface area (Å²) in [6.45, 7) is 5.29. The average molecular weight is 458 g/mol. The Kier molecular flexibility index (Phi) is 7.59. The monoisotopic (exact) mass is 458 g/mol. The zero-order chi connectivity index (χ0) is 24.1. The number of piperazine rings is 1. The van der Waals surface area contributed by atoms with E-state index in [4.69, 9.17) is 4.74 Å². The highest BCUT2D eigenvalue weighted by atomic mass is 19.1. The zero-order valence-corrected chi connectivity index (χ0v) is 18.7. The van der Waals surface area contributed by atoms with Crippen LogP contribution in [0.4, 0.5) is 14.9 Å². The topological polar surface area (TPSA) is 105 Å². The molecule has 1 aliphatic heterocycles. The van der Waals surface area contributed by atoms with Gasteiger partial charge in [-0.1, -0.05) is 31.2 Å². The molecular formula is C23H27FN4O5. The second kappa shape index (κ2) is 10.4. The van der Waals surface area contributed by atoms with Crippen LogP contribution in [0, 0.1) is 15.9 Å². The number of nitrogens with zero attached hydrogens (tertiary/aromatic N) is 3. The fraction of sp³-hybridized carbons (Fsp3) is 0.391. The van der Waals surface area contributed by atoms with E-state index in [1.54, 1.807) is 42.2 Å². The van der Waals surface area contributed by atoms with Gasteiger partial charge in [0.2, 0.25) is 11.7 Å². The van der Waals surface area contributed by atoms with Gasteiger partial charge in [0, 0.05) is 37.7 Å². The maximum absolute atomic E-state index is 14.3. The van der Waals surface area contributed by atoms with E-state index in [-0.39, 0.29) is 11.9 Å². The van der Waals surface area contributed by atoms with Gasteiger partial charge in [0.25, 0.3) is 0 Å². The highest BCUT2D eigenvalue weighted by molar-refractivity contribution is 5.87. The molecule has 0 bridgehead atoms. The summed E-state index contributed by atoms with van der Waals surface area (Å²) in [5, 5.41) is 13.6. The van der Waals surface area contributed by atoms with E-state index in [0.29, 0.717) is 30.9 Å². The minimum absolute atomic E-state index is 0.131. The van der Waals surface area contributed by atoms with E-state index in [9.17, 15) is 24.1 Å². The Balaban J connectivity index is 1.85. The van der Waals surface area contributed by atoms with Crippen molar-refractivity contribution in [3.05, 3.63) is 70.0 Å². The number of hydrogen-bond acceptors (Lipinski definition) is 6. The van der Waals surface area contributed by atoms with Gasteiger partial charge in [0.05, 0.1) is 4.92 Å². The molecule has 1 N–H and O–H groups in total. The number of nitro benzene ring substituents is 1. The lowest BCUT2D eigenvalue weighted by molar-refractivity contribution is -0.387. The summed E-state index contributed by atoms with van der Waals surface area (Å²) in [5.41, 5.74) is -0.309. The molecule has 9 nitrogen and oxygen atoms in total. The Labute approximate surface area is 191 Å². The number of hydrogen-bond donors (Lipinski definition) is 1. The maximum Gasteiger partial charge on any atom is 0.413 e. The fourth-order valence-electron chi connectivity index (χ4n) is 3.74. The van der Waals surface area contributed by atoms with Gasteiger partial charge >= 0.3 is 11.8 Å². The molecule has 2 amide bonds. The van der Waals surface area contributed by atoms with E-state index < -0.39 is 34.5 Å². The van der Waals surface area contributed by atoms with Crippen LogP contribution in [0.25, 0.3) is 0 Å². The molecule has 10 heteroatoms. The van der Waals surface area contributed by atoms with E-state index >= 15 is 0 Å². The molecule has 1 heterocycles. The maximum atomic E-state index is 14.3. The quantitative estimate of drug-likeness (QED) is 0.527. The predicted octanol–water partition coefficient (Wildman–Crippen LogP) is 3.16. The number of nitro groups is 1. The molecule has 0 unspecified atom stereocenters. The fourth-order valence-corrected chi connectivity index (χ4v) is 3.74. The smallest absolute Gasteiger partial charge is 0.410 e. The van der Waals surface area contributed by atoms with Crippen molar-refractivity contribution in [2.45, 2.75) is 31.8 Å². The van der Waals surface area contributed by atoms with Crippen LogP contribution >= 0.6 is 0 Å². The lowest BCUT2D eigenvalue weighted by Crippen LogP contribution is -2.58. The van der Waals surface area contributed by atoms with Crippen LogP contribution in [0.3, 0.4) is 0 Å². The van der Waals surface area contributed by atoms with Crippen molar-refractivity contribution >= 4 is 17.7 Å². The molecule has 1 saturated heterocycles. The molecule has 1 fully saturated rings. The van der Waals surface area contributed by atoms with E-state index in [1.807, 2.05) is 14.0 Å². The second-order valence-corrected chi connectivity index (χ2v) is 8.20. The highest BCUT2D eigenvalue weighted by Crippen LogP contribution is 2.27. The normalized spacial score (nSPS) is 18.3. The van der Waals surface area contributed by atoms with Crippen molar-refractivity contribution in [2.24, 2.45) is 0 Å². The molecular weight excluding hydrogens is 431 g/mol. The van der Waals surface area contributed by atoms with Crippen LogP contribution < -0.4 is 10.1 Å². The summed E-state index contributed by atoms with van der Waals surface area (Å²) in [6.07, 6.45) is -0.823. The van der Waals surface area contributed by atoms with Crippen molar-refractivity contribution in [1.82, 2.24) is 15.1 Å². The van der Waals surface area contributed by atoms with E-state index in [1.165, 1.54) is 6.07 Å². The third-order valence-corrected chi connectivity index (χ3v) is 5.96. The van der Waals surface area contributed by atoms with Crippen molar-refractivity contribution in [2.75, 3.05) is 26.7 Å². The summed E-state index contributed by atoms with van der Waals surface area (Å²) >= 11 is 0. The molecule has 0 aliphatic carbocycles. The number of rotatable bonds is 6. The van der Waals surface area contributed by atoms with Gasteiger partial charge in [-0.15, -0.1) is 0 Å². The van der Waals surface area contributed by atoms with E-state index in [0.717, 1.165) is 12.1 Å². The van der Waals surface area contributed by atoms with Crippen LogP contribution in [0.5, 0.6) is 5.75 Å². The third kappa shape index (κ3) is 5.83. The molecule has 176 valence electrons. The molecule has 3 atom stereocenters. The summed E-state index contributed by atoms with van der Waals surface area (Å²) in [4.78, 5) is 40.0. The van der Waals surface area contributed by atoms with Crippen LogP contribution in [-0.4, -0.2) is 65.5 Å².